The van der Waals surface area contributed by atoms with E-state index in [4.69, 9.17) is 9.26 Å². The molecule has 1 aromatic heterocycles. The van der Waals surface area contributed by atoms with E-state index in [0.29, 0.717) is 0 Å². The van der Waals surface area contributed by atoms with Crippen molar-refractivity contribution in [2.45, 2.75) is 71.3 Å². The molecule has 1 saturated heterocycles. The maximum Gasteiger partial charge on any atom is 0.175 e. The molecule has 3 aliphatic rings. The molecule has 1 aromatic carbocycles. The average Bonchev–Trinajstić information content (AvgIpc) is 3.41. The van der Waals surface area contributed by atoms with Gasteiger partial charge in [0.2, 0.25) is 0 Å². The summed E-state index contributed by atoms with van der Waals surface area (Å²) in [6.07, 6.45) is 11.8. The second-order valence-corrected chi connectivity index (χ2v) is 11.5. The number of nitrogens with zero attached hydrogens (tertiary/aromatic N) is 3. The lowest BCUT2D eigenvalue weighted by Gasteiger charge is -2.34. The Morgan fingerprint density at radius 1 is 1.06 bits per heavy atom. The van der Waals surface area contributed by atoms with E-state index in [0.717, 1.165) is 65.8 Å². The van der Waals surface area contributed by atoms with Gasteiger partial charge in [0.25, 0.3) is 0 Å². The van der Waals surface area contributed by atoms with Gasteiger partial charge in [-0.1, -0.05) is 24.9 Å². The molecule has 2 saturated carbocycles. The van der Waals surface area contributed by atoms with E-state index in [1.165, 1.54) is 76.4 Å². The second kappa shape index (κ2) is 10.4. The third-order valence-corrected chi connectivity index (χ3v) is 8.45. The Kier molecular flexibility index (Phi) is 7.27. The molecule has 2 atom stereocenters. The first-order chi connectivity index (χ1) is 16.1. The van der Waals surface area contributed by atoms with Crippen LogP contribution in [-0.2, 0) is 13.0 Å². The standard InChI is InChI=1S/C28H43N3O2/c1-20-5-4-6-23(20)17-31-15-13-21(14-16-31)9-11-26-24-10-12-27(32-19-22-7-8-22)25(18-30(2)3)28(24)33-29-26/h10,12,20-23H,4-9,11,13-19H2,1-3H3/t20-,23-/m1/s1. The van der Waals surface area contributed by atoms with Crippen molar-refractivity contribution >= 4 is 11.0 Å². The van der Waals surface area contributed by atoms with Gasteiger partial charge in [0.15, 0.2) is 5.58 Å². The van der Waals surface area contributed by atoms with Gasteiger partial charge >= 0.3 is 0 Å². The highest BCUT2D eigenvalue weighted by Gasteiger charge is 2.28. The molecule has 0 N–H and O–H groups in total. The number of aromatic nitrogens is 1. The van der Waals surface area contributed by atoms with E-state index in [-0.39, 0.29) is 0 Å². The number of piperidine rings is 1. The molecule has 5 heteroatoms. The lowest BCUT2D eigenvalue weighted by atomic mass is 9.89. The van der Waals surface area contributed by atoms with Crippen LogP contribution in [0.1, 0.15) is 69.5 Å². The van der Waals surface area contributed by atoms with Crippen LogP contribution >= 0.6 is 0 Å². The van der Waals surface area contributed by atoms with Gasteiger partial charge in [-0.2, -0.15) is 0 Å². The minimum Gasteiger partial charge on any atom is -0.493 e. The van der Waals surface area contributed by atoms with E-state index in [1.807, 2.05) is 0 Å². The Balaban J connectivity index is 1.18. The van der Waals surface area contributed by atoms with Gasteiger partial charge in [-0.3, -0.25) is 0 Å². The van der Waals surface area contributed by atoms with Gasteiger partial charge in [-0.05, 0) is 108 Å². The number of fused-ring (bicyclic) bond motifs is 1. The first-order valence-corrected chi connectivity index (χ1v) is 13.5. The number of aryl methyl sites for hydroxylation is 1. The number of likely N-dealkylation sites (tertiary alicyclic amines) is 1. The van der Waals surface area contributed by atoms with E-state index in [9.17, 15) is 0 Å². The van der Waals surface area contributed by atoms with E-state index >= 15 is 0 Å². The molecule has 5 rings (SSSR count). The molecule has 5 nitrogen and oxygen atoms in total. The van der Waals surface area contributed by atoms with Crippen molar-refractivity contribution in [2.75, 3.05) is 40.3 Å². The monoisotopic (exact) mass is 453 g/mol. The highest BCUT2D eigenvalue weighted by molar-refractivity contribution is 5.84. The zero-order valence-electron chi connectivity index (χ0n) is 21.0. The molecule has 2 aromatic rings. The summed E-state index contributed by atoms with van der Waals surface area (Å²) in [4.78, 5) is 4.92. The minimum atomic E-state index is 0.742. The topological polar surface area (TPSA) is 41.7 Å². The van der Waals surface area contributed by atoms with Crippen LogP contribution in [-0.4, -0.2) is 55.3 Å². The number of benzene rings is 1. The van der Waals surface area contributed by atoms with Crippen molar-refractivity contribution in [3.8, 4) is 5.75 Å². The quantitative estimate of drug-likeness (QED) is 0.457. The van der Waals surface area contributed by atoms with E-state index in [1.54, 1.807) is 0 Å². The predicted molar refractivity (Wildman–Crippen MR) is 134 cm³/mol. The summed E-state index contributed by atoms with van der Waals surface area (Å²) in [5.74, 6) is 4.40. The van der Waals surface area contributed by atoms with Gasteiger partial charge in [0.1, 0.15) is 5.75 Å². The smallest absolute Gasteiger partial charge is 0.175 e. The normalized spacial score (nSPS) is 24.8. The summed E-state index contributed by atoms with van der Waals surface area (Å²) in [7, 11) is 4.20. The van der Waals surface area contributed by atoms with E-state index in [2.05, 4.69) is 48.1 Å². The lowest BCUT2D eigenvalue weighted by molar-refractivity contribution is 0.146. The molecule has 0 radical (unpaired) electrons. The van der Waals surface area contributed by atoms with Crippen molar-refractivity contribution in [1.82, 2.24) is 15.0 Å². The third kappa shape index (κ3) is 5.74. The summed E-state index contributed by atoms with van der Waals surface area (Å²) in [5, 5.41) is 5.71. The Hall–Kier alpha value is -1.59. The maximum absolute atomic E-state index is 6.18. The van der Waals surface area contributed by atoms with Crippen LogP contribution in [0.3, 0.4) is 0 Å². The Labute approximate surface area is 199 Å². The summed E-state index contributed by atoms with van der Waals surface area (Å²) in [6, 6.07) is 4.32. The van der Waals surface area contributed by atoms with Gasteiger partial charge in [0, 0.05) is 18.5 Å². The summed E-state index contributed by atoms with van der Waals surface area (Å²) in [6.45, 7) is 7.99. The first-order valence-electron chi connectivity index (χ1n) is 13.5. The Morgan fingerprint density at radius 3 is 2.58 bits per heavy atom. The second-order valence-electron chi connectivity index (χ2n) is 11.5. The fourth-order valence-corrected chi connectivity index (χ4v) is 5.99. The van der Waals surface area contributed by atoms with Crippen LogP contribution in [0.2, 0.25) is 0 Å². The van der Waals surface area contributed by atoms with Crippen LogP contribution < -0.4 is 4.74 Å². The number of hydrogen-bond donors (Lipinski definition) is 0. The van der Waals surface area contributed by atoms with Crippen LogP contribution in [0, 0.1) is 23.7 Å². The fraction of sp³-hybridized carbons (Fsp3) is 0.750. The minimum absolute atomic E-state index is 0.742. The molecule has 3 fully saturated rings. The van der Waals surface area contributed by atoms with Crippen molar-refractivity contribution in [3.63, 3.8) is 0 Å². The molecular formula is C28H43N3O2. The number of hydrogen-bond acceptors (Lipinski definition) is 5. The Bertz CT molecular complexity index is 911. The zero-order chi connectivity index (χ0) is 22.8. The SMILES string of the molecule is C[C@@H]1CCC[C@@H]1CN1CCC(CCc2noc3c(CN(C)C)c(OCC4CC4)ccc23)CC1. The number of ether oxygens (including phenoxy) is 1. The summed E-state index contributed by atoms with van der Waals surface area (Å²) in [5.41, 5.74) is 3.19. The molecule has 2 heterocycles. The van der Waals surface area contributed by atoms with Crippen molar-refractivity contribution in [3.05, 3.63) is 23.4 Å². The summed E-state index contributed by atoms with van der Waals surface area (Å²) >= 11 is 0. The van der Waals surface area contributed by atoms with Gasteiger partial charge < -0.3 is 19.1 Å². The first kappa shape index (κ1) is 23.2. The molecule has 0 bridgehead atoms. The molecule has 0 unspecified atom stereocenters. The van der Waals surface area contributed by atoms with Crippen molar-refractivity contribution in [2.24, 2.45) is 23.7 Å². The van der Waals surface area contributed by atoms with Crippen molar-refractivity contribution < 1.29 is 9.26 Å². The zero-order valence-corrected chi connectivity index (χ0v) is 21.0. The Morgan fingerprint density at radius 2 is 1.88 bits per heavy atom. The van der Waals surface area contributed by atoms with Crippen LogP contribution in [0.4, 0.5) is 0 Å². The fourth-order valence-electron chi connectivity index (χ4n) is 5.99. The molecule has 33 heavy (non-hydrogen) atoms. The number of rotatable bonds is 10. The highest BCUT2D eigenvalue weighted by atomic mass is 16.5. The molecule has 0 spiro atoms. The molecule has 1 aliphatic heterocycles. The average molecular weight is 454 g/mol. The van der Waals surface area contributed by atoms with Crippen molar-refractivity contribution in [1.29, 1.82) is 0 Å². The molecular weight excluding hydrogens is 410 g/mol. The largest absolute Gasteiger partial charge is 0.493 e. The van der Waals surface area contributed by atoms with Crippen LogP contribution in [0.5, 0.6) is 5.75 Å². The van der Waals surface area contributed by atoms with Crippen LogP contribution in [0.15, 0.2) is 16.7 Å². The third-order valence-electron chi connectivity index (χ3n) is 8.45. The summed E-state index contributed by atoms with van der Waals surface area (Å²) < 4.78 is 12.1. The van der Waals surface area contributed by atoms with Crippen LogP contribution in [0.25, 0.3) is 11.0 Å². The predicted octanol–water partition coefficient (Wildman–Crippen LogP) is 5.76. The van der Waals surface area contributed by atoms with E-state index < -0.39 is 0 Å². The highest BCUT2D eigenvalue weighted by Crippen LogP contribution is 2.36. The van der Waals surface area contributed by atoms with Gasteiger partial charge in [-0.15, -0.1) is 0 Å². The molecule has 0 amide bonds. The van der Waals surface area contributed by atoms with Gasteiger partial charge in [0.05, 0.1) is 17.9 Å². The lowest BCUT2D eigenvalue weighted by Crippen LogP contribution is -2.37. The molecule has 2 aliphatic carbocycles. The molecule has 182 valence electrons. The van der Waals surface area contributed by atoms with Gasteiger partial charge in [-0.25, -0.2) is 0 Å². The maximum atomic E-state index is 6.18.